The molecule has 1 aromatic carbocycles. The fourth-order valence-electron chi connectivity index (χ4n) is 3.97. The highest BCUT2D eigenvalue weighted by Gasteiger charge is 2.32. The molecule has 1 aliphatic carbocycles. The SMILES string of the molecule is NCC1(O)CCN(Cc2nn(-c3ccccc3)c3c2CCC3)CC1. The number of nitrogens with two attached hydrogens (primary N) is 1. The number of fused-ring (bicyclic) bond motifs is 1. The number of aliphatic hydroxyl groups is 1. The summed E-state index contributed by atoms with van der Waals surface area (Å²) in [4.78, 5) is 2.40. The van der Waals surface area contributed by atoms with Gasteiger partial charge in [-0.05, 0) is 49.8 Å². The first-order valence-corrected chi connectivity index (χ1v) is 8.98. The molecule has 2 aromatic rings. The van der Waals surface area contributed by atoms with Gasteiger partial charge in [0.15, 0.2) is 0 Å². The third-order valence-corrected chi connectivity index (χ3v) is 5.55. The fourth-order valence-corrected chi connectivity index (χ4v) is 3.97. The van der Waals surface area contributed by atoms with E-state index >= 15 is 0 Å². The standard InChI is InChI=1S/C19H26N4O/c20-14-19(24)9-11-22(12-10-19)13-17-16-7-4-8-18(16)23(21-17)15-5-2-1-3-6-15/h1-3,5-6,24H,4,7-14,20H2. The molecule has 2 aliphatic rings. The predicted octanol–water partition coefficient (Wildman–Crippen LogP) is 1.65. The van der Waals surface area contributed by atoms with Gasteiger partial charge in [0.05, 0.1) is 17.0 Å². The molecule has 5 heteroatoms. The van der Waals surface area contributed by atoms with Crippen LogP contribution in [0.1, 0.15) is 36.2 Å². The minimum atomic E-state index is -0.665. The molecule has 0 spiro atoms. The summed E-state index contributed by atoms with van der Waals surface area (Å²) in [6, 6.07) is 10.4. The highest BCUT2D eigenvalue weighted by atomic mass is 16.3. The summed E-state index contributed by atoms with van der Waals surface area (Å²) in [6.07, 6.45) is 4.98. The van der Waals surface area contributed by atoms with Crippen molar-refractivity contribution >= 4 is 0 Å². The number of nitrogens with zero attached hydrogens (tertiary/aromatic N) is 3. The largest absolute Gasteiger partial charge is 0.388 e. The quantitative estimate of drug-likeness (QED) is 0.896. The molecule has 1 fully saturated rings. The number of benzene rings is 1. The van der Waals surface area contributed by atoms with Crippen LogP contribution in [-0.2, 0) is 19.4 Å². The Hall–Kier alpha value is -1.69. The number of likely N-dealkylation sites (tertiary alicyclic amines) is 1. The van der Waals surface area contributed by atoms with Gasteiger partial charge in [-0.1, -0.05) is 18.2 Å². The van der Waals surface area contributed by atoms with Crippen LogP contribution in [0.15, 0.2) is 30.3 Å². The average molecular weight is 326 g/mol. The molecule has 0 amide bonds. The number of para-hydroxylation sites is 1. The van der Waals surface area contributed by atoms with Gasteiger partial charge in [0.25, 0.3) is 0 Å². The summed E-state index contributed by atoms with van der Waals surface area (Å²) in [5.74, 6) is 0. The average Bonchev–Trinajstić information content (AvgIpc) is 3.22. The highest BCUT2D eigenvalue weighted by molar-refractivity contribution is 5.39. The van der Waals surface area contributed by atoms with Crippen LogP contribution in [0.5, 0.6) is 0 Å². The van der Waals surface area contributed by atoms with Crippen LogP contribution in [0.2, 0.25) is 0 Å². The van der Waals surface area contributed by atoms with E-state index in [0.29, 0.717) is 6.54 Å². The number of hydrogen-bond donors (Lipinski definition) is 2. The van der Waals surface area contributed by atoms with E-state index in [1.54, 1.807) is 0 Å². The molecule has 0 atom stereocenters. The van der Waals surface area contributed by atoms with Gasteiger partial charge in [0.1, 0.15) is 0 Å². The topological polar surface area (TPSA) is 67.3 Å². The van der Waals surface area contributed by atoms with Gasteiger partial charge in [-0.3, -0.25) is 4.90 Å². The summed E-state index contributed by atoms with van der Waals surface area (Å²) in [5.41, 5.74) is 10.2. The Bertz CT molecular complexity index is 702. The van der Waals surface area contributed by atoms with Crippen molar-refractivity contribution in [3.05, 3.63) is 47.3 Å². The van der Waals surface area contributed by atoms with E-state index in [0.717, 1.165) is 51.0 Å². The van der Waals surface area contributed by atoms with E-state index in [1.807, 2.05) is 6.07 Å². The van der Waals surface area contributed by atoms with Crippen molar-refractivity contribution < 1.29 is 5.11 Å². The number of hydrogen-bond acceptors (Lipinski definition) is 4. The molecule has 5 nitrogen and oxygen atoms in total. The second-order valence-electron chi connectivity index (χ2n) is 7.18. The molecule has 0 unspecified atom stereocenters. The lowest BCUT2D eigenvalue weighted by molar-refractivity contribution is -0.0156. The van der Waals surface area contributed by atoms with Gasteiger partial charge >= 0.3 is 0 Å². The number of aromatic nitrogens is 2. The Morgan fingerprint density at radius 3 is 2.58 bits per heavy atom. The molecule has 4 rings (SSSR count). The van der Waals surface area contributed by atoms with Gasteiger partial charge in [-0.15, -0.1) is 0 Å². The smallest absolute Gasteiger partial charge is 0.0804 e. The summed E-state index contributed by atoms with van der Waals surface area (Å²) in [5, 5.41) is 15.2. The van der Waals surface area contributed by atoms with Crippen molar-refractivity contribution in [3.8, 4) is 5.69 Å². The Balaban J connectivity index is 1.55. The lowest BCUT2D eigenvalue weighted by Crippen LogP contribution is -2.48. The lowest BCUT2D eigenvalue weighted by atomic mass is 9.91. The molecule has 128 valence electrons. The van der Waals surface area contributed by atoms with Gasteiger partial charge in [0.2, 0.25) is 0 Å². The van der Waals surface area contributed by atoms with Crippen LogP contribution in [0.4, 0.5) is 0 Å². The Morgan fingerprint density at radius 1 is 1.12 bits per heavy atom. The van der Waals surface area contributed by atoms with Crippen LogP contribution >= 0.6 is 0 Å². The lowest BCUT2D eigenvalue weighted by Gasteiger charge is -2.37. The van der Waals surface area contributed by atoms with Crippen molar-refractivity contribution in [2.24, 2.45) is 5.73 Å². The zero-order valence-corrected chi connectivity index (χ0v) is 14.1. The molecule has 1 saturated heterocycles. The van der Waals surface area contributed by atoms with Crippen molar-refractivity contribution in [2.45, 2.75) is 44.2 Å². The van der Waals surface area contributed by atoms with Crippen molar-refractivity contribution in [3.63, 3.8) is 0 Å². The maximum atomic E-state index is 10.3. The first-order valence-electron chi connectivity index (χ1n) is 8.98. The van der Waals surface area contributed by atoms with Gasteiger partial charge in [0, 0.05) is 31.9 Å². The van der Waals surface area contributed by atoms with E-state index in [-0.39, 0.29) is 0 Å². The second kappa shape index (κ2) is 6.31. The molecule has 2 heterocycles. The molecule has 3 N–H and O–H groups in total. The van der Waals surface area contributed by atoms with E-state index in [4.69, 9.17) is 10.8 Å². The molecular formula is C19H26N4O. The first-order chi connectivity index (χ1) is 11.7. The van der Waals surface area contributed by atoms with Crippen molar-refractivity contribution in [1.82, 2.24) is 14.7 Å². The van der Waals surface area contributed by atoms with Crippen molar-refractivity contribution in [2.75, 3.05) is 19.6 Å². The number of rotatable bonds is 4. The normalized spacial score (nSPS) is 20.2. The molecule has 0 saturated carbocycles. The molecule has 0 bridgehead atoms. The maximum absolute atomic E-state index is 10.3. The molecule has 0 radical (unpaired) electrons. The zero-order chi connectivity index (χ0) is 16.6. The first kappa shape index (κ1) is 15.8. The molecule has 1 aliphatic heterocycles. The van der Waals surface area contributed by atoms with Gasteiger partial charge in [-0.25, -0.2) is 4.68 Å². The second-order valence-corrected chi connectivity index (χ2v) is 7.18. The van der Waals surface area contributed by atoms with Crippen LogP contribution in [0.25, 0.3) is 5.69 Å². The summed E-state index contributed by atoms with van der Waals surface area (Å²) >= 11 is 0. The van der Waals surface area contributed by atoms with Crippen LogP contribution < -0.4 is 5.73 Å². The molecule has 1 aromatic heterocycles. The predicted molar refractivity (Wildman–Crippen MR) is 94.1 cm³/mol. The van der Waals surface area contributed by atoms with Gasteiger partial charge in [-0.2, -0.15) is 5.10 Å². The highest BCUT2D eigenvalue weighted by Crippen LogP contribution is 2.29. The third-order valence-electron chi connectivity index (χ3n) is 5.55. The maximum Gasteiger partial charge on any atom is 0.0804 e. The fraction of sp³-hybridized carbons (Fsp3) is 0.526. The van der Waals surface area contributed by atoms with Crippen LogP contribution in [0, 0.1) is 0 Å². The summed E-state index contributed by atoms with van der Waals surface area (Å²) < 4.78 is 2.14. The third kappa shape index (κ3) is 2.88. The monoisotopic (exact) mass is 326 g/mol. The van der Waals surface area contributed by atoms with Gasteiger partial charge < -0.3 is 10.8 Å². The summed E-state index contributed by atoms with van der Waals surface area (Å²) in [6.45, 7) is 3.02. The van der Waals surface area contributed by atoms with Crippen LogP contribution in [0.3, 0.4) is 0 Å². The molecular weight excluding hydrogens is 300 g/mol. The van der Waals surface area contributed by atoms with E-state index in [2.05, 4.69) is 33.8 Å². The van der Waals surface area contributed by atoms with E-state index in [1.165, 1.54) is 23.4 Å². The summed E-state index contributed by atoms with van der Waals surface area (Å²) in [7, 11) is 0. The Morgan fingerprint density at radius 2 is 1.88 bits per heavy atom. The van der Waals surface area contributed by atoms with Crippen molar-refractivity contribution in [1.29, 1.82) is 0 Å². The zero-order valence-electron chi connectivity index (χ0n) is 14.1. The minimum absolute atomic E-state index is 0.360. The Kier molecular flexibility index (Phi) is 4.16. The number of piperidine rings is 1. The Labute approximate surface area is 143 Å². The van der Waals surface area contributed by atoms with E-state index < -0.39 is 5.60 Å². The van der Waals surface area contributed by atoms with E-state index in [9.17, 15) is 5.11 Å². The molecule has 24 heavy (non-hydrogen) atoms. The van der Waals surface area contributed by atoms with Crippen LogP contribution in [-0.4, -0.2) is 45.0 Å². The minimum Gasteiger partial charge on any atom is -0.388 e.